The lowest BCUT2D eigenvalue weighted by molar-refractivity contribution is 0.0902. The molecule has 6 nitrogen and oxygen atoms in total. The molecule has 0 saturated heterocycles. The molecule has 4 rings (SSSR count). The van der Waals surface area contributed by atoms with E-state index >= 15 is 0 Å². The summed E-state index contributed by atoms with van der Waals surface area (Å²) in [5.74, 6) is 1.71. The molecule has 0 aliphatic carbocycles. The fraction of sp³-hybridized carbons (Fsp3) is 0.217. The van der Waals surface area contributed by atoms with Gasteiger partial charge in [-0.05, 0) is 62.2 Å². The van der Waals surface area contributed by atoms with Crippen molar-refractivity contribution < 1.29 is 18.4 Å². The average Bonchev–Trinajstić information content (AvgIpc) is 3.35. The zero-order valence-electron chi connectivity index (χ0n) is 16.6. The van der Waals surface area contributed by atoms with E-state index in [1.54, 1.807) is 12.1 Å². The van der Waals surface area contributed by atoms with Gasteiger partial charge in [0.25, 0.3) is 5.91 Å². The zero-order valence-corrected chi connectivity index (χ0v) is 16.6. The second-order valence-corrected chi connectivity index (χ2v) is 7.04. The summed E-state index contributed by atoms with van der Waals surface area (Å²) >= 11 is 0. The second-order valence-electron chi connectivity index (χ2n) is 7.04. The van der Waals surface area contributed by atoms with Crippen molar-refractivity contribution in [1.82, 2.24) is 10.3 Å². The summed E-state index contributed by atoms with van der Waals surface area (Å²) in [5.41, 5.74) is 3.62. The van der Waals surface area contributed by atoms with E-state index in [1.807, 2.05) is 63.2 Å². The maximum atomic E-state index is 12.5. The van der Waals surface area contributed by atoms with Gasteiger partial charge in [-0.1, -0.05) is 24.3 Å². The Kier molecular flexibility index (Phi) is 5.08. The third-order valence-electron chi connectivity index (χ3n) is 4.63. The number of hydrogen-bond acceptors (Lipinski definition) is 5. The number of hydrogen-bond donors (Lipinski definition) is 1. The number of ether oxygens (including phenoxy) is 1. The van der Waals surface area contributed by atoms with Crippen LogP contribution in [0.1, 0.15) is 46.3 Å². The molecular formula is C23H22N2O4. The SMILES string of the molecule is Cc1ccc(C)c(OCc2ccc(C(=O)NC(C)c3nc4ccccc4o3)o2)c1. The lowest BCUT2D eigenvalue weighted by Crippen LogP contribution is -2.26. The number of oxazole rings is 1. The minimum Gasteiger partial charge on any atom is -0.485 e. The minimum absolute atomic E-state index is 0.215. The van der Waals surface area contributed by atoms with Crippen molar-refractivity contribution in [2.45, 2.75) is 33.4 Å². The van der Waals surface area contributed by atoms with Crippen LogP contribution in [0.5, 0.6) is 5.75 Å². The molecule has 1 N–H and O–H groups in total. The zero-order chi connectivity index (χ0) is 20.4. The Balaban J connectivity index is 1.39. The van der Waals surface area contributed by atoms with Crippen LogP contribution in [0.2, 0.25) is 0 Å². The molecule has 0 aliphatic heterocycles. The molecule has 2 aromatic heterocycles. The van der Waals surface area contributed by atoms with Crippen molar-refractivity contribution in [3.8, 4) is 5.75 Å². The lowest BCUT2D eigenvalue weighted by Gasteiger charge is -2.09. The molecule has 2 aromatic carbocycles. The number of rotatable bonds is 6. The number of fused-ring (bicyclic) bond motifs is 1. The van der Waals surface area contributed by atoms with Crippen molar-refractivity contribution >= 4 is 17.0 Å². The van der Waals surface area contributed by atoms with E-state index in [-0.39, 0.29) is 18.3 Å². The molecule has 29 heavy (non-hydrogen) atoms. The number of furan rings is 1. The highest BCUT2D eigenvalue weighted by molar-refractivity contribution is 5.91. The molecule has 0 spiro atoms. The van der Waals surface area contributed by atoms with Crippen molar-refractivity contribution in [3.05, 3.63) is 83.1 Å². The van der Waals surface area contributed by atoms with Crippen molar-refractivity contribution in [2.24, 2.45) is 0 Å². The lowest BCUT2D eigenvalue weighted by atomic mass is 10.1. The average molecular weight is 390 g/mol. The number of nitrogens with zero attached hydrogens (tertiary/aromatic N) is 1. The molecule has 2 heterocycles. The summed E-state index contributed by atoms with van der Waals surface area (Å²) in [6.45, 7) is 6.07. The van der Waals surface area contributed by atoms with Crippen LogP contribution in [0.25, 0.3) is 11.1 Å². The van der Waals surface area contributed by atoms with Gasteiger partial charge in [-0.15, -0.1) is 0 Å². The minimum atomic E-state index is -0.394. The first-order valence-electron chi connectivity index (χ1n) is 9.44. The summed E-state index contributed by atoms with van der Waals surface area (Å²) in [7, 11) is 0. The normalized spacial score (nSPS) is 12.1. The Morgan fingerprint density at radius 3 is 2.76 bits per heavy atom. The van der Waals surface area contributed by atoms with E-state index in [0.717, 1.165) is 22.4 Å². The smallest absolute Gasteiger partial charge is 0.287 e. The highest BCUT2D eigenvalue weighted by atomic mass is 16.5. The number of aryl methyl sites for hydroxylation is 2. The quantitative estimate of drug-likeness (QED) is 0.495. The van der Waals surface area contributed by atoms with Crippen LogP contribution in [-0.2, 0) is 6.61 Å². The number of para-hydroxylation sites is 2. The predicted molar refractivity (Wildman–Crippen MR) is 109 cm³/mol. The van der Waals surface area contributed by atoms with E-state index in [2.05, 4.69) is 10.3 Å². The summed E-state index contributed by atoms with van der Waals surface area (Å²) < 4.78 is 17.2. The molecule has 0 fully saturated rings. The van der Waals surface area contributed by atoms with Crippen molar-refractivity contribution in [1.29, 1.82) is 0 Å². The first-order valence-corrected chi connectivity index (χ1v) is 9.44. The van der Waals surface area contributed by atoms with Crippen LogP contribution in [0, 0.1) is 13.8 Å². The maximum absolute atomic E-state index is 12.5. The van der Waals surface area contributed by atoms with Gasteiger partial charge in [0.1, 0.15) is 29.7 Å². The molecule has 1 atom stereocenters. The summed E-state index contributed by atoms with van der Waals surface area (Å²) in [6.07, 6.45) is 0. The van der Waals surface area contributed by atoms with Gasteiger partial charge in [-0.2, -0.15) is 0 Å². The third kappa shape index (κ3) is 4.16. The monoisotopic (exact) mass is 390 g/mol. The van der Waals surface area contributed by atoms with Crippen molar-refractivity contribution in [3.63, 3.8) is 0 Å². The number of benzene rings is 2. The summed E-state index contributed by atoms with van der Waals surface area (Å²) in [4.78, 5) is 16.9. The summed E-state index contributed by atoms with van der Waals surface area (Å²) in [6, 6.07) is 16.5. The molecule has 0 saturated carbocycles. The van der Waals surface area contributed by atoms with Gasteiger partial charge < -0.3 is 18.9 Å². The van der Waals surface area contributed by atoms with Gasteiger partial charge in [0.2, 0.25) is 5.89 Å². The second kappa shape index (κ2) is 7.83. The Morgan fingerprint density at radius 1 is 1.10 bits per heavy atom. The van der Waals surface area contributed by atoms with Crippen LogP contribution in [0.3, 0.4) is 0 Å². The molecule has 148 valence electrons. The molecule has 0 radical (unpaired) electrons. The van der Waals surface area contributed by atoms with Crippen LogP contribution in [-0.4, -0.2) is 10.9 Å². The number of nitrogens with one attached hydrogen (secondary N) is 1. The number of amides is 1. The molecule has 4 aromatic rings. The Labute approximate surface area is 168 Å². The van der Waals surface area contributed by atoms with Gasteiger partial charge in [-0.25, -0.2) is 4.98 Å². The first kappa shape index (κ1) is 18.8. The molecule has 6 heteroatoms. The maximum Gasteiger partial charge on any atom is 0.287 e. The van der Waals surface area contributed by atoms with Gasteiger partial charge in [0.15, 0.2) is 11.3 Å². The molecule has 1 unspecified atom stereocenters. The van der Waals surface area contributed by atoms with Crippen LogP contribution < -0.4 is 10.1 Å². The van der Waals surface area contributed by atoms with Crippen LogP contribution in [0.4, 0.5) is 0 Å². The predicted octanol–water partition coefficient (Wildman–Crippen LogP) is 5.11. The number of carbonyl (C=O) groups is 1. The molecule has 1 amide bonds. The molecule has 0 bridgehead atoms. The number of aromatic nitrogens is 1. The molecular weight excluding hydrogens is 368 g/mol. The highest BCUT2D eigenvalue weighted by Gasteiger charge is 2.19. The van der Waals surface area contributed by atoms with Gasteiger partial charge in [-0.3, -0.25) is 4.79 Å². The van der Waals surface area contributed by atoms with Crippen LogP contribution >= 0.6 is 0 Å². The fourth-order valence-corrected chi connectivity index (χ4v) is 2.99. The van der Waals surface area contributed by atoms with E-state index in [9.17, 15) is 4.79 Å². The number of carbonyl (C=O) groups excluding carboxylic acids is 1. The van der Waals surface area contributed by atoms with Crippen LogP contribution in [0.15, 0.2) is 63.4 Å². The van der Waals surface area contributed by atoms with Gasteiger partial charge in [0.05, 0.1) is 0 Å². The van der Waals surface area contributed by atoms with E-state index in [0.29, 0.717) is 17.2 Å². The van der Waals surface area contributed by atoms with E-state index in [1.165, 1.54) is 0 Å². The van der Waals surface area contributed by atoms with E-state index < -0.39 is 6.04 Å². The Bertz CT molecular complexity index is 1130. The highest BCUT2D eigenvalue weighted by Crippen LogP contribution is 2.22. The Morgan fingerprint density at radius 2 is 1.93 bits per heavy atom. The fourth-order valence-electron chi connectivity index (χ4n) is 2.99. The topological polar surface area (TPSA) is 77.5 Å². The van der Waals surface area contributed by atoms with Gasteiger partial charge >= 0.3 is 0 Å². The largest absolute Gasteiger partial charge is 0.485 e. The van der Waals surface area contributed by atoms with Crippen molar-refractivity contribution in [2.75, 3.05) is 0 Å². The van der Waals surface area contributed by atoms with Gasteiger partial charge in [0, 0.05) is 0 Å². The Hall–Kier alpha value is -3.54. The first-order chi connectivity index (χ1) is 14.0. The molecule has 0 aliphatic rings. The standard InChI is InChI=1S/C23H22N2O4/c1-14-8-9-15(2)21(12-14)27-13-17-10-11-20(28-17)22(26)24-16(3)23-25-18-6-4-5-7-19(18)29-23/h4-12,16H,13H2,1-3H3,(H,24,26). The third-order valence-corrected chi connectivity index (χ3v) is 4.63. The van der Waals surface area contributed by atoms with E-state index in [4.69, 9.17) is 13.6 Å². The summed E-state index contributed by atoms with van der Waals surface area (Å²) in [5, 5.41) is 2.85.